The summed E-state index contributed by atoms with van der Waals surface area (Å²) in [6.45, 7) is 3.46. The maximum Gasteiger partial charge on any atom is 0.321 e. The van der Waals surface area contributed by atoms with Crippen LogP contribution in [0, 0.1) is 0 Å². The van der Waals surface area contributed by atoms with E-state index in [0.29, 0.717) is 6.54 Å². The van der Waals surface area contributed by atoms with Gasteiger partial charge in [-0.1, -0.05) is 18.2 Å². The number of amides is 2. The third kappa shape index (κ3) is 3.77. The van der Waals surface area contributed by atoms with E-state index in [1.807, 2.05) is 29.5 Å². The van der Waals surface area contributed by atoms with Gasteiger partial charge in [0.1, 0.15) is 0 Å². The van der Waals surface area contributed by atoms with Crippen LogP contribution in [-0.4, -0.2) is 48.3 Å². The Morgan fingerprint density at radius 2 is 2.08 bits per heavy atom. The van der Waals surface area contributed by atoms with Crippen molar-refractivity contribution in [1.29, 1.82) is 0 Å². The topological polar surface area (TPSA) is 55.8 Å². The number of nitrogens with zero attached hydrogens (tertiary/aromatic N) is 2. The third-order valence-corrected chi connectivity index (χ3v) is 6.22. The quantitative estimate of drug-likeness (QED) is 0.869. The van der Waals surface area contributed by atoms with Crippen molar-refractivity contribution in [1.82, 2.24) is 10.2 Å². The van der Waals surface area contributed by atoms with Crippen LogP contribution in [0.5, 0.6) is 0 Å². The number of β-amino-alcohol motifs (C(OH)–C–C–N with tert-alkyl or cyclic N) is 1. The molecule has 0 saturated heterocycles. The zero-order valence-corrected chi connectivity index (χ0v) is 15.7. The van der Waals surface area contributed by atoms with Crippen molar-refractivity contribution in [3.63, 3.8) is 0 Å². The Morgan fingerprint density at radius 1 is 1.19 bits per heavy atom. The molecule has 0 aliphatic carbocycles. The summed E-state index contributed by atoms with van der Waals surface area (Å²) in [5, 5.41) is 15.4. The van der Waals surface area contributed by atoms with E-state index in [1.165, 1.54) is 16.0 Å². The van der Waals surface area contributed by atoms with Gasteiger partial charge in [-0.25, -0.2) is 4.79 Å². The largest absolute Gasteiger partial charge is 0.390 e. The number of carbonyl (C=O) groups is 1. The van der Waals surface area contributed by atoms with E-state index in [-0.39, 0.29) is 12.6 Å². The summed E-state index contributed by atoms with van der Waals surface area (Å²) in [5.41, 5.74) is 3.59. The zero-order chi connectivity index (χ0) is 17.9. The molecular weight excluding hydrogens is 346 g/mol. The van der Waals surface area contributed by atoms with Gasteiger partial charge in [0.2, 0.25) is 0 Å². The highest BCUT2D eigenvalue weighted by atomic mass is 32.1. The number of fused-ring (bicyclic) bond motifs is 2. The van der Waals surface area contributed by atoms with Gasteiger partial charge in [0, 0.05) is 43.3 Å². The lowest BCUT2D eigenvalue weighted by Gasteiger charge is -2.31. The van der Waals surface area contributed by atoms with E-state index in [0.717, 1.165) is 44.6 Å². The summed E-state index contributed by atoms with van der Waals surface area (Å²) in [6, 6.07) is 10.1. The summed E-state index contributed by atoms with van der Waals surface area (Å²) in [6.07, 6.45) is 2.49. The lowest BCUT2D eigenvalue weighted by atomic mass is 10.0. The van der Waals surface area contributed by atoms with Crippen molar-refractivity contribution >= 4 is 23.1 Å². The summed E-state index contributed by atoms with van der Waals surface area (Å²) >= 11 is 1.82. The Morgan fingerprint density at radius 3 is 3.00 bits per heavy atom. The molecule has 0 spiro atoms. The Bertz CT molecular complexity index is 776. The van der Waals surface area contributed by atoms with Crippen molar-refractivity contribution in [2.75, 3.05) is 31.1 Å². The van der Waals surface area contributed by atoms with Crippen molar-refractivity contribution in [2.24, 2.45) is 0 Å². The van der Waals surface area contributed by atoms with Crippen LogP contribution in [0.1, 0.15) is 22.4 Å². The van der Waals surface area contributed by atoms with Gasteiger partial charge in [0.05, 0.1) is 6.10 Å². The van der Waals surface area contributed by atoms with Gasteiger partial charge in [-0.2, -0.15) is 0 Å². The van der Waals surface area contributed by atoms with E-state index >= 15 is 0 Å². The third-order valence-electron chi connectivity index (χ3n) is 5.20. The first-order valence-electron chi connectivity index (χ1n) is 9.29. The number of benzene rings is 1. The van der Waals surface area contributed by atoms with E-state index in [9.17, 15) is 9.90 Å². The number of rotatable bonds is 4. The highest BCUT2D eigenvalue weighted by Crippen LogP contribution is 2.26. The van der Waals surface area contributed by atoms with E-state index in [2.05, 4.69) is 27.7 Å². The molecule has 0 bridgehead atoms. The molecule has 2 aliphatic rings. The minimum Gasteiger partial charge on any atom is -0.390 e. The predicted octanol–water partition coefficient (Wildman–Crippen LogP) is 2.63. The highest BCUT2D eigenvalue weighted by molar-refractivity contribution is 7.10. The van der Waals surface area contributed by atoms with E-state index < -0.39 is 6.10 Å². The number of nitrogens with one attached hydrogen (secondary N) is 1. The number of aryl methyl sites for hydroxylation is 1. The van der Waals surface area contributed by atoms with Crippen molar-refractivity contribution < 1.29 is 9.90 Å². The number of hydrogen-bond donors (Lipinski definition) is 2. The van der Waals surface area contributed by atoms with Gasteiger partial charge < -0.3 is 10.4 Å². The van der Waals surface area contributed by atoms with Gasteiger partial charge in [-0.05, 0) is 47.9 Å². The fourth-order valence-corrected chi connectivity index (χ4v) is 4.76. The molecule has 1 unspecified atom stereocenters. The van der Waals surface area contributed by atoms with Crippen molar-refractivity contribution in [3.8, 4) is 0 Å². The molecule has 5 nitrogen and oxygen atoms in total. The van der Waals surface area contributed by atoms with E-state index in [4.69, 9.17) is 0 Å². The molecule has 3 heterocycles. The van der Waals surface area contributed by atoms with Gasteiger partial charge in [-0.15, -0.1) is 11.3 Å². The molecule has 1 aromatic heterocycles. The first kappa shape index (κ1) is 17.5. The van der Waals surface area contributed by atoms with Gasteiger partial charge in [0.15, 0.2) is 0 Å². The molecular formula is C20H25N3O2S. The average molecular weight is 372 g/mol. The standard InChI is InChI=1S/C20H25N3O2S/c24-17(14-22-10-7-19-16(13-22)8-11-26-19)12-21-20(25)23-9-3-5-15-4-1-2-6-18(15)23/h1-2,4,6,8,11,17,24H,3,5,7,9-10,12-14H2,(H,21,25). The summed E-state index contributed by atoms with van der Waals surface area (Å²) in [4.78, 5) is 18.1. The number of hydrogen-bond acceptors (Lipinski definition) is 4. The van der Waals surface area contributed by atoms with Crippen molar-refractivity contribution in [2.45, 2.75) is 31.9 Å². The smallest absolute Gasteiger partial charge is 0.321 e. The first-order chi connectivity index (χ1) is 12.7. The molecule has 2 N–H and O–H groups in total. The van der Waals surface area contributed by atoms with Crippen LogP contribution >= 0.6 is 11.3 Å². The maximum absolute atomic E-state index is 12.6. The number of carbonyl (C=O) groups excluding carboxylic acids is 1. The molecule has 0 saturated carbocycles. The summed E-state index contributed by atoms with van der Waals surface area (Å²) in [5.74, 6) is 0. The molecule has 6 heteroatoms. The van der Waals surface area contributed by atoms with Crippen LogP contribution in [0.25, 0.3) is 0 Å². The average Bonchev–Trinajstić information content (AvgIpc) is 3.13. The van der Waals surface area contributed by atoms with Gasteiger partial charge in [0.25, 0.3) is 0 Å². The fourth-order valence-electron chi connectivity index (χ4n) is 3.87. The monoisotopic (exact) mass is 371 g/mol. The molecule has 4 rings (SSSR count). The lowest BCUT2D eigenvalue weighted by Crippen LogP contribution is -2.47. The highest BCUT2D eigenvalue weighted by Gasteiger charge is 2.23. The molecule has 2 aliphatic heterocycles. The van der Waals surface area contributed by atoms with Crippen LogP contribution < -0.4 is 10.2 Å². The molecule has 2 amide bonds. The fraction of sp³-hybridized carbons (Fsp3) is 0.450. The number of anilines is 1. The Labute approximate surface area is 158 Å². The predicted molar refractivity (Wildman–Crippen MR) is 105 cm³/mol. The molecule has 2 aromatic rings. The van der Waals surface area contributed by atoms with Gasteiger partial charge >= 0.3 is 6.03 Å². The summed E-state index contributed by atoms with van der Waals surface area (Å²) < 4.78 is 0. The van der Waals surface area contributed by atoms with Crippen LogP contribution in [-0.2, 0) is 19.4 Å². The number of urea groups is 1. The van der Waals surface area contributed by atoms with E-state index in [1.54, 1.807) is 4.90 Å². The second-order valence-corrected chi connectivity index (χ2v) is 8.08. The molecule has 0 fully saturated rings. The molecule has 26 heavy (non-hydrogen) atoms. The normalized spacial score (nSPS) is 18.1. The molecule has 1 aromatic carbocycles. The zero-order valence-electron chi connectivity index (χ0n) is 14.9. The lowest BCUT2D eigenvalue weighted by molar-refractivity contribution is 0.106. The SMILES string of the molecule is O=C(NCC(O)CN1CCc2sccc2C1)N1CCCc2ccccc21. The molecule has 138 valence electrons. The van der Waals surface area contributed by atoms with Crippen LogP contribution in [0.2, 0.25) is 0 Å². The second-order valence-electron chi connectivity index (χ2n) is 7.08. The minimum absolute atomic E-state index is 0.116. The first-order valence-corrected chi connectivity index (χ1v) is 10.2. The second kappa shape index (κ2) is 7.78. The van der Waals surface area contributed by atoms with Crippen molar-refractivity contribution in [3.05, 3.63) is 51.7 Å². The van der Waals surface area contributed by atoms with Crippen LogP contribution in [0.3, 0.4) is 0 Å². The number of aliphatic hydroxyl groups excluding tert-OH is 1. The van der Waals surface area contributed by atoms with Gasteiger partial charge in [-0.3, -0.25) is 9.80 Å². The van der Waals surface area contributed by atoms with Crippen LogP contribution in [0.15, 0.2) is 35.7 Å². The number of thiophene rings is 1. The summed E-state index contributed by atoms with van der Waals surface area (Å²) in [7, 11) is 0. The maximum atomic E-state index is 12.6. The molecule has 0 radical (unpaired) electrons. The number of para-hydroxylation sites is 1. The van der Waals surface area contributed by atoms with Crippen LogP contribution in [0.4, 0.5) is 10.5 Å². The number of aliphatic hydroxyl groups is 1. The Hall–Kier alpha value is -1.89. The Kier molecular flexibility index (Phi) is 5.24. The minimum atomic E-state index is -0.556. The Balaban J connectivity index is 1.28. The molecule has 1 atom stereocenters.